The van der Waals surface area contributed by atoms with Gasteiger partial charge in [0.15, 0.2) is 5.82 Å². The normalized spacial score (nSPS) is 10.6. The molecule has 2 heterocycles. The average Bonchev–Trinajstić information content (AvgIpc) is 2.80. The van der Waals surface area contributed by atoms with Crippen LogP contribution in [-0.2, 0) is 6.54 Å². The average molecular weight is 296 g/mol. The van der Waals surface area contributed by atoms with Crippen LogP contribution >= 0.6 is 15.9 Å². The molecule has 5 nitrogen and oxygen atoms in total. The number of hydrogen-bond acceptors (Lipinski definition) is 4. The second-order valence-electron chi connectivity index (χ2n) is 3.58. The van der Waals surface area contributed by atoms with Crippen molar-refractivity contribution < 1.29 is 0 Å². The fourth-order valence-corrected chi connectivity index (χ4v) is 1.99. The Morgan fingerprint density at radius 1 is 1.41 bits per heavy atom. The lowest BCUT2D eigenvalue weighted by Gasteiger charge is -2.09. The third-order valence-electron chi connectivity index (χ3n) is 2.50. The van der Waals surface area contributed by atoms with Gasteiger partial charge in [-0.15, -0.1) is 0 Å². The molecule has 1 N–H and O–H groups in total. The Bertz CT molecular complexity index is 535. The molecule has 0 spiro atoms. The van der Waals surface area contributed by atoms with E-state index in [4.69, 9.17) is 0 Å². The topological polar surface area (TPSA) is 55.6 Å². The molecule has 0 saturated carbocycles. The smallest absolute Gasteiger partial charge is 0.180 e. The summed E-state index contributed by atoms with van der Waals surface area (Å²) in [6, 6.07) is 1.92. The fourth-order valence-electron chi connectivity index (χ4n) is 1.61. The van der Waals surface area contributed by atoms with Crippen LogP contribution in [0.25, 0.3) is 11.5 Å². The zero-order valence-corrected chi connectivity index (χ0v) is 11.6. The van der Waals surface area contributed by atoms with Crippen molar-refractivity contribution in [2.45, 2.75) is 20.4 Å². The van der Waals surface area contributed by atoms with Gasteiger partial charge in [0.1, 0.15) is 11.5 Å². The molecule has 0 unspecified atom stereocenters. The summed E-state index contributed by atoms with van der Waals surface area (Å²) in [4.78, 5) is 8.95. The first-order valence-electron chi connectivity index (χ1n) is 5.41. The van der Waals surface area contributed by atoms with E-state index in [1.54, 1.807) is 6.20 Å². The highest BCUT2D eigenvalue weighted by Gasteiger charge is 2.12. The van der Waals surface area contributed by atoms with Crippen molar-refractivity contribution >= 4 is 21.7 Å². The van der Waals surface area contributed by atoms with Gasteiger partial charge in [-0.1, -0.05) is 0 Å². The monoisotopic (exact) mass is 295 g/mol. The minimum absolute atomic E-state index is 0.689. The van der Waals surface area contributed by atoms with Gasteiger partial charge in [0.25, 0.3) is 0 Å². The molecule has 17 heavy (non-hydrogen) atoms. The third-order valence-corrected chi connectivity index (χ3v) is 3.45. The Hall–Kier alpha value is -1.43. The summed E-state index contributed by atoms with van der Waals surface area (Å²) in [5.41, 5.74) is 1.84. The molecule has 0 atom stereocenters. The number of aryl methyl sites for hydroxylation is 2. The van der Waals surface area contributed by atoms with Gasteiger partial charge in [-0.2, -0.15) is 5.10 Å². The summed E-state index contributed by atoms with van der Waals surface area (Å²) in [5.74, 6) is 1.48. The number of nitrogens with zero attached hydrogens (tertiary/aromatic N) is 4. The van der Waals surface area contributed by atoms with E-state index in [0.29, 0.717) is 5.82 Å². The van der Waals surface area contributed by atoms with Gasteiger partial charge < -0.3 is 5.32 Å². The lowest BCUT2D eigenvalue weighted by atomic mass is 10.3. The van der Waals surface area contributed by atoms with Crippen LogP contribution in [-0.4, -0.2) is 26.8 Å². The van der Waals surface area contributed by atoms with E-state index in [1.165, 1.54) is 0 Å². The number of halogens is 1. The van der Waals surface area contributed by atoms with Crippen molar-refractivity contribution in [2.75, 3.05) is 12.4 Å². The van der Waals surface area contributed by atoms with Gasteiger partial charge in [0, 0.05) is 19.8 Å². The van der Waals surface area contributed by atoms with Crippen LogP contribution in [0.5, 0.6) is 0 Å². The van der Waals surface area contributed by atoms with E-state index in [0.717, 1.165) is 28.2 Å². The summed E-state index contributed by atoms with van der Waals surface area (Å²) < 4.78 is 2.77. The summed E-state index contributed by atoms with van der Waals surface area (Å²) in [6.07, 6.45) is 1.76. The van der Waals surface area contributed by atoms with Crippen molar-refractivity contribution in [3.8, 4) is 11.5 Å². The predicted octanol–water partition coefficient (Wildman–Crippen LogP) is 2.47. The first kappa shape index (κ1) is 12.0. The largest absolute Gasteiger partial charge is 0.372 e. The first-order valence-corrected chi connectivity index (χ1v) is 6.20. The van der Waals surface area contributed by atoms with E-state index in [1.807, 2.05) is 31.6 Å². The molecule has 2 aromatic rings. The van der Waals surface area contributed by atoms with Crippen molar-refractivity contribution in [2.24, 2.45) is 0 Å². The van der Waals surface area contributed by atoms with Crippen LogP contribution in [0, 0.1) is 6.92 Å². The molecule has 0 amide bonds. The zero-order valence-electron chi connectivity index (χ0n) is 10.0. The minimum atomic E-state index is 0.689. The van der Waals surface area contributed by atoms with Gasteiger partial charge in [-0.05, 0) is 35.8 Å². The third kappa shape index (κ3) is 2.17. The second kappa shape index (κ2) is 4.83. The van der Waals surface area contributed by atoms with E-state index in [9.17, 15) is 0 Å². The summed E-state index contributed by atoms with van der Waals surface area (Å²) in [7, 11) is 1.84. The van der Waals surface area contributed by atoms with Gasteiger partial charge in [-0.25, -0.2) is 9.97 Å². The molecule has 0 aliphatic carbocycles. The number of aromatic nitrogens is 4. The zero-order chi connectivity index (χ0) is 12.4. The summed E-state index contributed by atoms with van der Waals surface area (Å²) in [6.45, 7) is 4.79. The maximum atomic E-state index is 4.47. The highest BCUT2D eigenvalue weighted by Crippen LogP contribution is 2.26. The quantitative estimate of drug-likeness (QED) is 0.945. The Balaban J connectivity index is 2.57. The highest BCUT2D eigenvalue weighted by atomic mass is 79.9. The van der Waals surface area contributed by atoms with E-state index >= 15 is 0 Å². The number of anilines is 1. The molecule has 6 heteroatoms. The van der Waals surface area contributed by atoms with Crippen LogP contribution in [0.1, 0.15) is 12.6 Å². The molecule has 2 rings (SSSR count). The van der Waals surface area contributed by atoms with Crippen molar-refractivity contribution in [3.63, 3.8) is 0 Å². The molecule has 0 radical (unpaired) electrons. The molecular weight excluding hydrogens is 282 g/mol. The Labute approximate surface area is 108 Å². The fraction of sp³-hybridized carbons (Fsp3) is 0.364. The van der Waals surface area contributed by atoms with Crippen molar-refractivity contribution in [1.29, 1.82) is 0 Å². The van der Waals surface area contributed by atoms with Gasteiger partial charge in [-0.3, -0.25) is 4.68 Å². The molecular formula is C11H14BrN5. The molecule has 0 saturated heterocycles. The van der Waals surface area contributed by atoms with E-state index in [-0.39, 0.29) is 0 Å². The Morgan fingerprint density at radius 3 is 2.82 bits per heavy atom. The van der Waals surface area contributed by atoms with Crippen LogP contribution in [0.2, 0.25) is 0 Å². The SMILES string of the molecule is CCn1nccc1-c1nc(C)c(Br)c(NC)n1. The maximum absolute atomic E-state index is 4.47. The number of rotatable bonds is 3. The standard InChI is InChI=1S/C11H14BrN5/c1-4-17-8(5-6-14-17)10-15-7(2)9(12)11(13-3)16-10/h5-6H,4H2,1-3H3,(H,13,15,16). The van der Waals surface area contributed by atoms with Crippen LogP contribution in [0.3, 0.4) is 0 Å². The van der Waals surface area contributed by atoms with Crippen LogP contribution in [0.4, 0.5) is 5.82 Å². The molecule has 0 aromatic carbocycles. The van der Waals surface area contributed by atoms with Crippen molar-refractivity contribution in [3.05, 3.63) is 22.4 Å². The van der Waals surface area contributed by atoms with Gasteiger partial charge >= 0.3 is 0 Å². The minimum Gasteiger partial charge on any atom is -0.372 e. The lowest BCUT2D eigenvalue weighted by molar-refractivity contribution is 0.663. The van der Waals surface area contributed by atoms with Gasteiger partial charge in [0.05, 0.1) is 10.2 Å². The Morgan fingerprint density at radius 2 is 2.18 bits per heavy atom. The number of hydrogen-bond donors (Lipinski definition) is 1. The summed E-state index contributed by atoms with van der Waals surface area (Å²) in [5, 5.41) is 7.27. The van der Waals surface area contributed by atoms with E-state index in [2.05, 4.69) is 36.3 Å². The molecule has 2 aromatic heterocycles. The summed E-state index contributed by atoms with van der Waals surface area (Å²) >= 11 is 3.46. The maximum Gasteiger partial charge on any atom is 0.180 e. The lowest BCUT2D eigenvalue weighted by Crippen LogP contribution is -2.05. The van der Waals surface area contributed by atoms with Crippen LogP contribution in [0.15, 0.2) is 16.7 Å². The van der Waals surface area contributed by atoms with Crippen LogP contribution < -0.4 is 5.32 Å². The molecule has 0 aliphatic heterocycles. The number of nitrogens with one attached hydrogen (secondary N) is 1. The van der Waals surface area contributed by atoms with E-state index < -0.39 is 0 Å². The molecule has 0 bridgehead atoms. The van der Waals surface area contributed by atoms with Crippen molar-refractivity contribution in [1.82, 2.24) is 19.7 Å². The first-order chi connectivity index (χ1) is 8.17. The molecule has 90 valence electrons. The van der Waals surface area contributed by atoms with Gasteiger partial charge in [0.2, 0.25) is 0 Å². The predicted molar refractivity (Wildman–Crippen MR) is 70.9 cm³/mol. The Kier molecular flexibility index (Phi) is 3.42. The highest BCUT2D eigenvalue weighted by molar-refractivity contribution is 9.10. The second-order valence-corrected chi connectivity index (χ2v) is 4.37. The molecule has 0 aliphatic rings. The molecule has 0 fully saturated rings.